The van der Waals surface area contributed by atoms with Crippen molar-refractivity contribution in [2.45, 2.75) is 38.8 Å². The molecule has 0 saturated carbocycles. The first-order valence-corrected chi connectivity index (χ1v) is 6.30. The Bertz CT molecular complexity index is 257. The molecule has 1 N–H and O–H groups in total. The molecule has 0 aromatic heterocycles. The van der Waals surface area contributed by atoms with Gasteiger partial charge in [0.25, 0.3) is 0 Å². The summed E-state index contributed by atoms with van der Waals surface area (Å²) >= 11 is 0. The minimum Gasteiger partial charge on any atom is -0.377 e. The number of nitrogens with zero attached hydrogens (tertiary/aromatic N) is 1. The molecule has 0 aromatic carbocycles. The fourth-order valence-corrected chi connectivity index (χ4v) is 2.65. The van der Waals surface area contributed by atoms with Gasteiger partial charge in [-0.3, -0.25) is 4.79 Å². The summed E-state index contributed by atoms with van der Waals surface area (Å²) in [5.74, 6) is 0.556. The zero-order valence-corrected chi connectivity index (χ0v) is 10.2. The van der Waals surface area contributed by atoms with E-state index in [0.717, 1.165) is 25.9 Å². The lowest BCUT2D eigenvalue weighted by molar-refractivity contribution is -0.144. The molecule has 2 fully saturated rings. The van der Waals surface area contributed by atoms with E-state index in [1.165, 1.54) is 0 Å². The van der Waals surface area contributed by atoms with Crippen molar-refractivity contribution in [2.75, 3.05) is 26.3 Å². The van der Waals surface area contributed by atoms with Crippen LogP contribution in [0.1, 0.15) is 26.7 Å². The zero-order valence-electron chi connectivity index (χ0n) is 10.2. The predicted octanol–water partition coefficient (Wildman–Crippen LogP) is 0.622. The van der Waals surface area contributed by atoms with E-state index in [-0.39, 0.29) is 12.0 Å². The second-order valence-corrected chi connectivity index (χ2v) is 5.03. The molecule has 2 rings (SSSR count). The molecule has 1 amide bonds. The molecule has 0 spiro atoms. The third-order valence-electron chi connectivity index (χ3n) is 3.62. The average Bonchev–Trinajstić information content (AvgIpc) is 2.29. The van der Waals surface area contributed by atoms with Crippen molar-refractivity contribution >= 4 is 5.91 Å². The maximum atomic E-state index is 12.4. The van der Waals surface area contributed by atoms with Gasteiger partial charge in [0.15, 0.2) is 0 Å². The van der Waals surface area contributed by atoms with Crippen LogP contribution in [0.15, 0.2) is 0 Å². The molecular weight excluding hydrogens is 204 g/mol. The van der Waals surface area contributed by atoms with Gasteiger partial charge in [-0.05, 0) is 33.2 Å². The van der Waals surface area contributed by atoms with E-state index in [1.54, 1.807) is 0 Å². The molecule has 4 nitrogen and oxygen atoms in total. The van der Waals surface area contributed by atoms with Crippen LogP contribution < -0.4 is 5.32 Å². The third-order valence-corrected chi connectivity index (χ3v) is 3.62. The molecule has 0 aromatic rings. The molecule has 2 saturated heterocycles. The smallest absolute Gasteiger partial charge is 0.226 e. The third kappa shape index (κ3) is 2.55. The Morgan fingerprint density at radius 2 is 2.25 bits per heavy atom. The van der Waals surface area contributed by atoms with Crippen molar-refractivity contribution in [1.29, 1.82) is 0 Å². The first-order valence-electron chi connectivity index (χ1n) is 6.30. The minimum atomic E-state index is 0.219. The van der Waals surface area contributed by atoms with Gasteiger partial charge in [0, 0.05) is 18.5 Å². The molecule has 2 aliphatic heterocycles. The van der Waals surface area contributed by atoms with Crippen LogP contribution in [-0.2, 0) is 9.53 Å². The first-order chi connectivity index (χ1) is 7.68. The summed E-state index contributed by atoms with van der Waals surface area (Å²) in [6, 6.07) is 0.713. The van der Waals surface area contributed by atoms with Crippen molar-refractivity contribution in [2.24, 2.45) is 5.92 Å². The average molecular weight is 226 g/mol. The number of rotatable bonds is 1. The lowest BCUT2D eigenvalue weighted by Gasteiger charge is -2.37. The number of carbonyl (C=O) groups is 1. The summed E-state index contributed by atoms with van der Waals surface area (Å²) in [6.07, 6.45) is 1.95. The lowest BCUT2D eigenvalue weighted by Crippen LogP contribution is -2.51. The quantitative estimate of drug-likeness (QED) is 0.713. The molecule has 0 radical (unpaired) electrons. The SMILES string of the molecule is CC1CC(C(=O)N2CCOC[C@H]2C)CCN1. The molecule has 16 heavy (non-hydrogen) atoms. The largest absolute Gasteiger partial charge is 0.377 e. The Morgan fingerprint density at radius 3 is 2.94 bits per heavy atom. The Balaban J connectivity index is 1.94. The Morgan fingerprint density at radius 1 is 1.44 bits per heavy atom. The summed E-state index contributed by atoms with van der Waals surface area (Å²) in [5, 5.41) is 3.39. The van der Waals surface area contributed by atoms with Crippen LogP contribution in [0.3, 0.4) is 0 Å². The van der Waals surface area contributed by atoms with Gasteiger partial charge in [-0.25, -0.2) is 0 Å². The number of ether oxygens (including phenoxy) is 1. The zero-order chi connectivity index (χ0) is 11.5. The number of hydrogen-bond acceptors (Lipinski definition) is 3. The van der Waals surface area contributed by atoms with Crippen LogP contribution in [0.4, 0.5) is 0 Å². The number of hydrogen-bond donors (Lipinski definition) is 1. The fraction of sp³-hybridized carbons (Fsp3) is 0.917. The Labute approximate surface area is 97.3 Å². The second kappa shape index (κ2) is 5.15. The summed E-state index contributed by atoms with van der Waals surface area (Å²) in [5.41, 5.74) is 0. The maximum Gasteiger partial charge on any atom is 0.226 e. The number of piperidine rings is 1. The minimum absolute atomic E-state index is 0.219. The van der Waals surface area contributed by atoms with Crippen LogP contribution in [0.2, 0.25) is 0 Å². The van der Waals surface area contributed by atoms with Gasteiger partial charge in [0.1, 0.15) is 0 Å². The summed E-state index contributed by atoms with van der Waals surface area (Å²) in [6.45, 7) is 7.33. The molecule has 2 unspecified atom stereocenters. The van der Waals surface area contributed by atoms with Crippen LogP contribution in [0, 0.1) is 5.92 Å². The number of nitrogens with one attached hydrogen (secondary N) is 1. The van der Waals surface area contributed by atoms with Crippen molar-refractivity contribution in [3.63, 3.8) is 0 Å². The van der Waals surface area contributed by atoms with E-state index in [9.17, 15) is 4.79 Å². The van der Waals surface area contributed by atoms with Crippen LogP contribution in [0.25, 0.3) is 0 Å². The van der Waals surface area contributed by atoms with Crippen molar-refractivity contribution in [3.05, 3.63) is 0 Å². The monoisotopic (exact) mass is 226 g/mol. The van der Waals surface area contributed by atoms with Gasteiger partial charge in [-0.1, -0.05) is 0 Å². The topological polar surface area (TPSA) is 41.6 Å². The van der Waals surface area contributed by atoms with Crippen LogP contribution in [0.5, 0.6) is 0 Å². The highest BCUT2D eigenvalue weighted by Gasteiger charge is 2.31. The summed E-state index contributed by atoms with van der Waals surface area (Å²) < 4.78 is 5.36. The van der Waals surface area contributed by atoms with Gasteiger partial charge < -0.3 is 15.0 Å². The van der Waals surface area contributed by atoms with Crippen molar-refractivity contribution < 1.29 is 9.53 Å². The highest BCUT2D eigenvalue weighted by atomic mass is 16.5. The van der Waals surface area contributed by atoms with Gasteiger partial charge in [-0.2, -0.15) is 0 Å². The van der Waals surface area contributed by atoms with E-state index in [1.807, 2.05) is 4.90 Å². The van der Waals surface area contributed by atoms with E-state index in [0.29, 0.717) is 25.2 Å². The highest BCUT2D eigenvalue weighted by Crippen LogP contribution is 2.21. The van der Waals surface area contributed by atoms with E-state index in [2.05, 4.69) is 19.2 Å². The molecule has 0 aliphatic carbocycles. The second-order valence-electron chi connectivity index (χ2n) is 5.03. The van der Waals surface area contributed by atoms with E-state index < -0.39 is 0 Å². The van der Waals surface area contributed by atoms with Crippen molar-refractivity contribution in [1.82, 2.24) is 10.2 Å². The number of morpholine rings is 1. The summed E-state index contributed by atoms with van der Waals surface area (Å²) in [7, 11) is 0. The van der Waals surface area contributed by atoms with Crippen LogP contribution in [-0.4, -0.2) is 49.2 Å². The van der Waals surface area contributed by atoms with E-state index >= 15 is 0 Å². The molecule has 3 atom stereocenters. The molecule has 2 heterocycles. The Kier molecular flexibility index (Phi) is 3.82. The number of carbonyl (C=O) groups excluding carboxylic acids is 1. The highest BCUT2D eigenvalue weighted by molar-refractivity contribution is 5.79. The fourth-order valence-electron chi connectivity index (χ4n) is 2.65. The molecular formula is C12H22N2O2. The standard InChI is InChI=1S/C12H22N2O2/c1-9-7-11(3-4-13-9)12(15)14-5-6-16-8-10(14)2/h9-11,13H,3-8H2,1-2H3/t9?,10-,11?/m1/s1. The van der Waals surface area contributed by atoms with Crippen molar-refractivity contribution in [3.8, 4) is 0 Å². The Hall–Kier alpha value is -0.610. The molecule has 92 valence electrons. The van der Waals surface area contributed by atoms with Gasteiger partial charge in [-0.15, -0.1) is 0 Å². The van der Waals surface area contributed by atoms with Gasteiger partial charge in [0.2, 0.25) is 5.91 Å². The normalized spacial score (nSPS) is 36.1. The van der Waals surface area contributed by atoms with E-state index in [4.69, 9.17) is 4.74 Å². The lowest BCUT2D eigenvalue weighted by atomic mass is 9.91. The van der Waals surface area contributed by atoms with Crippen LogP contribution >= 0.6 is 0 Å². The first kappa shape index (κ1) is 11.9. The molecule has 2 aliphatic rings. The maximum absolute atomic E-state index is 12.4. The molecule has 4 heteroatoms. The summed E-state index contributed by atoms with van der Waals surface area (Å²) in [4.78, 5) is 14.4. The van der Waals surface area contributed by atoms with Gasteiger partial charge >= 0.3 is 0 Å². The molecule has 0 bridgehead atoms. The van der Waals surface area contributed by atoms with Gasteiger partial charge in [0.05, 0.1) is 19.3 Å². The number of amides is 1. The predicted molar refractivity (Wildman–Crippen MR) is 62.2 cm³/mol.